The van der Waals surface area contributed by atoms with E-state index in [-0.39, 0.29) is 31.7 Å². The summed E-state index contributed by atoms with van der Waals surface area (Å²) in [6, 6.07) is 0. The number of hydrogen-bond acceptors (Lipinski definition) is 15. The highest BCUT2D eigenvalue weighted by molar-refractivity contribution is 5.88. The van der Waals surface area contributed by atoms with E-state index in [9.17, 15) is 24.0 Å². The Hall–Kier alpha value is -4.63. The Morgan fingerprint density at radius 2 is 1.27 bits per heavy atom. The average molecular weight is 717 g/mol. The summed E-state index contributed by atoms with van der Waals surface area (Å²) < 4.78 is 45.3. The van der Waals surface area contributed by atoms with E-state index in [0.717, 1.165) is 5.57 Å². The lowest BCUT2D eigenvalue weighted by atomic mass is 10.00. The van der Waals surface area contributed by atoms with Crippen LogP contribution in [0.25, 0.3) is 0 Å². The summed E-state index contributed by atoms with van der Waals surface area (Å²) in [4.78, 5) is 63.1. The first-order valence-electron chi connectivity index (χ1n) is 16.9. The molecule has 0 aliphatic carbocycles. The zero-order valence-corrected chi connectivity index (χ0v) is 30.1. The summed E-state index contributed by atoms with van der Waals surface area (Å²) in [5, 5.41) is 0. The SMILES string of the molecule is C=C(OC(C)COC(=O)C1=CN([C@@H]2O[C@H](COC(C)=O)[C@@H](OC(C)=O)[C@H]2C)C=CC1)C1=CN([C@@H]2O[C@H](COC(C)=O)[C@@H](C)[C@H]2OC(C)=O)C=CC1. The van der Waals surface area contributed by atoms with Gasteiger partial charge < -0.3 is 47.7 Å². The molecule has 0 radical (unpaired) electrons. The van der Waals surface area contributed by atoms with Gasteiger partial charge in [-0.05, 0) is 13.3 Å². The zero-order valence-electron chi connectivity index (χ0n) is 30.1. The van der Waals surface area contributed by atoms with Gasteiger partial charge in [0.15, 0.2) is 12.3 Å². The molecule has 15 nitrogen and oxygen atoms in total. The molecule has 0 spiro atoms. The maximum Gasteiger partial charge on any atom is 0.335 e. The molecule has 0 aromatic carbocycles. The predicted molar refractivity (Wildman–Crippen MR) is 178 cm³/mol. The van der Waals surface area contributed by atoms with Crippen LogP contribution in [0.3, 0.4) is 0 Å². The first-order chi connectivity index (χ1) is 24.1. The van der Waals surface area contributed by atoms with Gasteiger partial charge in [0.05, 0.1) is 5.57 Å². The van der Waals surface area contributed by atoms with Crippen LogP contribution in [0.2, 0.25) is 0 Å². The highest BCUT2D eigenvalue weighted by Gasteiger charge is 2.48. The molecule has 0 amide bonds. The smallest absolute Gasteiger partial charge is 0.335 e. The lowest BCUT2D eigenvalue weighted by Gasteiger charge is -2.31. The third kappa shape index (κ3) is 10.4. The molecule has 0 aromatic rings. The lowest BCUT2D eigenvalue weighted by Crippen LogP contribution is -2.40. The summed E-state index contributed by atoms with van der Waals surface area (Å²) in [6.07, 6.45) is 7.26. The lowest BCUT2D eigenvalue weighted by molar-refractivity contribution is -0.157. The minimum absolute atomic E-state index is 0.0261. The normalized spacial score (nSPS) is 29.0. The molecule has 0 bridgehead atoms. The van der Waals surface area contributed by atoms with Crippen LogP contribution in [-0.4, -0.2) is 102 Å². The van der Waals surface area contributed by atoms with Crippen LogP contribution < -0.4 is 0 Å². The van der Waals surface area contributed by atoms with Crippen molar-refractivity contribution in [2.45, 2.75) is 104 Å². The molecular formula is C36H48N2O13. The Kier molecular flexibility index (Phi) is 13.5. The molecule has 51 heavy (non-hydrogen) atoms. The highest BCUT2D eigenvalue weighted by Crippen LogP contribution is 2.36. The number of esters is 5. The summed E-state index contributed by atoms with van der Waals surface area (Å²) in [5.41, 5.74) is 1.11. The molecule has 15 heteroatoms. The van der Waals surface area contributed by atoms with Crippen molar-refractivity contribution in [3.63, 3.8) is 0 Å². The molecule has 4 aliphatic rings. The monoisotopic (exact) mass is 716 g/mol. The second-order valence-corrected chi connectivity index (χ2v) is 12.9. The number of rotatable bonds is 14. The largest absolute Gasteiger partial charge is 0.487 e. The van der Waals surface area contributed by atoms with Gasteiger partial charge in [-0.3, -0.25) is 19.2 Å². The molecule has 9 atom stereocenters. The predicted octanol–water partition coefficient (Wildman–Crippen LogP) is 3.37. The van der Waals surface area contributed by atoms with Gasteiger partial charge in [-0.2, -0.15) is 0 Å². The van der Waals surface area contributed by atoms with Crippen molar-refractivity contribution in [1.29, 1.82) is 0 Å². The van der Waals surface area contributed by atoms with E-state index in [1.54, 1.807) is 41.4 Å². The number of carbonyl (C=O) groups is 5. The van der Waals surface area contributed by atoms with Gasteiger partial charge in [-0.15, -0.1) is 0 Å². The second-order valence-electron chi connectivity index (χ2n) is 12.9. The molecular weight excluding hydrogens is 668 g/mol. The van der Waals surface area contributed by atoms with Crippen molar-refractivity contribution in [2.75, 3.05) is 19.8 Å². The first-order valence-corrected chi connectivity index (χ1v) is 16.9. The van der Waals surface area contributed by atoms with Gasteiger partial charge >= 0.3 is 29.8 Å². The number of nitrogens with zero attached hydrogens (tertiary/aromatic N) is 2. The molecule has 1 unspecified atom stereocenters. The van der Waals surface area contributed by atoms with Gasteiger partial charge in [0.25, 0.3) is 0 Å². The molecule has 0 aromatic heterocycles. The van der Waals surface area contributed by atoms with Crippen LogP contribution in [0.15, 0.2) is 60.4 Å². The van der Waals surface area contributed by atoms with E-state index < -0.39 is 72.8 Å². The fourth-order valence-corrected chi connectivity index (χ4v) is 6.20. The minimum atomic E-state index is -0.682. The summed E-state index contributed by atoms with van der Waals surface area (Å²) >= 11 is 0. The molecule has 2 saturated heterocycles. The number of hydrogen-bond donors (Lipinski definition) is 0. The molecule has 4 rings (SSSR count). The Morgan fingerprint density at radius 1 is 0.745 bits per heavy atom. The fourth-order valence-electron chi connectivity index (χ4n) is 6.20. The molecule has 4 heterocycles. The first kappa shape index (κ1) is 39.2. The van der Waals surface area contributed by atoms with E-state index in [4.69, 9.17) is 37.9 Å². The maximum atomic E-state index is 13.1. The summed E-state index contributed by atoms with van der Waals surface area (Å²) in [5.74, 6) is -2.60. The Labute approximate surface area is 297 Å². The van der Waals surface area contributed by atoms with Crippen molar-refractivity contribution in [1.82, 2.24) is 9.80 Å². The van der Waals surface area contributed by atoms with Crippen LogP contribution in [-0.2, 0) is 61.9 Å². The minimum Gasteiger partial charge on any atom is -0.487 e. The van der Waals surface area contributed by atoms with E-state index in [0.29, 0.717) is 24.2 Å². The fraction of sp³-hybridized carbons (Fsp3) is 0.583. The van der Waals surface area contributed by atoms with Gasteiger partial charge in [0.1, 0.15) is 56.2 Å². The summed E-state index contributed by atoms with van der Waals surface area (Å²) in [7, 11) is 0. The van der Waals surface area contributed by atoms with E-state index in [1.165, 1.54) is 27.7 Å². The average Bonchev–Trinajstić information content (AvgIpc) is 3.55. The zero-order chi connectivity index (χ0) is 37.4. The standard InChI is InChI=1S/C36H48N2O13/c1-20(47-23(4)28-11-9-14-38(15-28)35-33(49-27(8)42)21(2)30(50-35)18-44-24(5)39)17-46-36(43)29-12-10-13-37(16-29)34-22(3)32(48-26(7)41)31(51-34)19-45-25(6)40/h9-10,13-16,20-22,30-35H,4,11-12,17-19H2,1-3,5-8H3/t20?,21-,22-,30-,31-,32+,33-,34-,35-/m1/s1. The molecule has 0 N–H and O–H groups in total. The maximum absolute atomic E-state index is 13.1. The third-order valence-corrected chi connectivity index (χ3v) is 8.70. The Bertz CT molecular complexity index is 1470. The quantitative estimate of drug-likeness (QED) is 0.146. The van der Waals surface area contributed by atoms with Gasteiger partial charge in [-0.25, -0.2) is 4.79 Å². The van der Waals surface area contributed by atoms with Crippen LogP contribution in [0.4, 0.5) is 0 Å². The van der Waals surface area contributed by atoms with Crippen molar-refractivity contribution in [2.24, 2.45) is 11.8 Å². The van der Waals surface area contributed by atoms with Crippen LogP contribution >= 0.6 is 0 Å². The van der Waals surface area contributed by atoms with Crippen molar-refractivity contribution < 1.29 is 61.9 Å². The number of ether oxygens (including phenoxy) is 8. The van der Waals surface area contributed by atoms with Crippen molar-refractivity contribution >= 4 is 29.8 Å². The molecule has 2 fully saturated rings. The van der Waals surface area contributed by atoms with Gasteiger partial charge in [0.2, 0.25) is 0 Å². The molecule has 4 aliphatic heterocycles. The Morgan fingerprint density at radius 3 is 1.88 bits per heavy atom. The highest BCUT2D eigenvalue weighted by atomic mass is 16.6. The van der Waals surface area contributed by atoms with E-state index in [1.807, 2.05) is 26.1 Å². The second kappa shape index (κ2) is 17.5. The van der Waals surface area contributed by atoms with Crippen molar-refractivity contribution in [3.8, 4) is 0 Å². The molecule has 0 saturated carbocycles. The Balaban J connectivity index is 1.33. The third-order valence-electron chi connectivity index (χ3n) is 8.70. The van der Waals surface area contributed by atoms with Crippen LogP contribution in [0, 0.1) is 11.8 Å². The number of allylic oxidation sites excluding steroid dienone is 3. The van der Waals surface area contributed by atoms with Crippen molar-refractivity contribution in [3.05, 3.63) is 60.4 Å². The van der Waals surface area contributed by atoms with Gasteiger partial charge in [0, 0.05) is 76.3 Å². The summed E-state index contributed by atoms with van der Waals surface area (Å²) in [6.45, 7) is 14.7. The van der Waals surface area contributed by atoms with Gasteiger partial charge in [-0.1, -0.05) is 32.6 Å². The topological polar surface area (TPSA) is 166 Å². The van der Waals surface area contributed by atoms with Crippen LogP contribution in [0.1, 0.15) is 61.3 Å². The van der Waals surface area contributed by atoms with E-state index in [2.05, 4.69) is 6.58 Å². The van der Waals surface area contributed by atoms with Crippen LogP contribution in [0.5, 0.6) is 0 Å². The number of carbonyl (C=O) groups excluding carboxylic acids is 5. The molecule has 280 valence electrons. The van der Waals surface area contributed by atoms with E-state index >= 15 is 0 Å².